The zero-order valence-corrected chi connectivity index (χ0v) is 16.7. The van der Waals surface area contributed by atoms with Crippen molar-refractivity contribution in [3.63, 3.8) is 0 Å². The van der Waals surface area contributed by atoms with Crippen LogP contribution < -0.4 is 4.90 Å². The monoisotopic (exact) mass is 405 g/mol. The fourth-order valence-electron chi connectivity index (χ4n) is 3.37. The smallest absolute Gasteiger partial charge is 0.326 e. The molecule has 6 heteroatoms. The first-order valence-corrected chi connectivity index (χ1v) is 9.68. The highest BCUT2D eigenvalue weighted by Crippen LogP contribution is 2.42. The molecule has 0 saturated heterocycles. The number of rotatable bonds is 8. The van der Waals surface area contributed by atoms with Gasteiger partial charge in [-0.3, -0.25) is 19.3 Å². The minimum absolute atomic E-state index is 0.187. The van der Waals surface area contributed by atoms with E-state index in [0.717, 1.165) is 5.56 Å². The van der Waals surface area contributed by atoms with Crippen LogP contribution in [0.25, 0.3) is 6.08 Å². The Morgan fingerprint density at radius 3 is 2.50 bits per heavy atom. The van der Waals surface area contributed by atoms with Crippen molar-refractivity contribution < 1.29 is 24.2 Å². The van der Waals surface area contributed by atoms with Gasteiger partial charge >= 0.3 is 5.97 Å². The van der Waals surface area contributed by atoms with E-state index >= 15 is 0 Å². The zero-order chi connectivity index (χ0) is 21.6. The number of hydrogen-bond donors (Lipinski definition) is 1. The van der Waals surface area contributed by atoms with Gasteiger partial charge in [-0.05, 0) is 24.6 Å². The van der Waals surface area contributed by atoms with Gasteiger partial charge < -0.3 is 9.84 Å². The van der Waals surface area contributed by atoms with Crippen LogP contribution in [-0.2, 0) is 24.7 Å². The summed E-state index contributed by atoms with van der Waals surface area (Å²) in [6.07, 6.45) is 6.03. The maximum Gasteiger partial charge on any atom is 0.326 e. The minimum atomic E-state index is -2.02. The summed E-state index contributed by atoms with van der Waals surface area (Å²) in [5.74, 6) is -1.70. The lowest BCUT2D eigenvalue weighted by molar-refractivity contribution is -0.145. The molecule has 30 heavy (non-hydrogen) atoms. The second-order valence-corrected chi connectivity index (χ2v) is 6.85. The molecule has 154 valence electrons. The molecule has 1 aliphatic rings. The molecule has 0 radical (unpaired) electrons. The normalized spacial score (nSPS) is 18.2. The Labute approximate surface area is 175 Å². The predicted octanol–water partition coefficient (Wildman–Crippen LogP) is 3.01. The molecule has 1 heterocycles. The highest BCUT2D eigenvalue weighted by Gasteiger charge is 2.50. The molecule has 2 aromatic carbocycles. The maximum atomic E-state index is 13.0. The Hall–Kier alpha value is -3.51. The molecule has 0 aliphatic carbocycles. The van der Waals surface area contributed by atoms with E-state index in [4.69, 9.17) is 4.74 Å². The van der Waals surface area contributed by atoms with E-state index in [2.05, 4.69) is 0 Å². The Balaban J connectivity index is 1.75. The maximum absolute atomic E-state index is 13.0. The minimum Gasteiger partial charge on any atom is -0.465 e. The van der Waals surface area contributed by atoms with E-state index in [0.29, 0.717) is 11.3 Å². The molecule has 0 fully saturated rings. The number of esters is 1. The summed E-state index contributed by atoms with van der Waals surface area (Å²) >= 11 is 0. The number of para-hydroxylation sites is 1. The number of aliphatic hydroxyl groups is 1. The van der Waals surface area contributed by atoms with Crippen molar-refractivity contribution in [1.82, 2.24) is 0 Å². The number of nitrogens with zero attached hydrogens (tertiary/aromatic N) is 1. The first kappa shape index (κ1) is 21.2. The topological polar surface area (TPSA) is 83.9 Å². The lowest BCUT2D eigenvalue weighted by Crippen LogP contribution is -2.43. The molecule has 1 atom stereocenters. The summed E-state index contributed by atoms with van der Waals surface area (Å²) in [7, 11) is 0. The van der Waals surface area contributed by atoms with Gasteiger partial charge in [0.2, 0.25) is 0 Å². The number of benzene rings is 2. The van der Waals surface area contributed by atoms with Gasteiger partial charge in [0.1, 0.15) is 6.54 Å². The predicted molar refractivity (Wildman–Crippen MR) is 114 cm³/mol. The zero-order valence-electron chi connectivity index (χ0n) is 16.7. The second kappa shape index (κ2) is 9.33. The molecular formula is C24H23NO5. The van der Waals surface area contributed by atoms with Crippen LogP contribution in [0.3, 0.4) is 0 Å². The van der Waals surface area contributed by atoms with Crippen molar-refractivity contribution in [3.05, 3.63) is 84.0 Å². The summed E-state index contributed by atoms with van der Waals surface area (Å²) in [6, 6.07) is 16.2. The molecule has 1 N–H and O–H groups in total. The average Bonchev–Trinajstić information content (AvgIpc) is 2.94. The molecule has 2 aromatic rings. The Morgan fingerprint density at radius 2 is 1.77 bits per heavy atom. The van der Waals surface area contributed by atoms with Crippen molar-refractivity contribution >= 4 is 29.4 Å². The van der Waals surface area contributed by atoms with Gasteiger partial charge in [-0.2, -0.15) is 0 Å². The Morgan fingerprint density at radius 1 is 1.07 bits per heavy atom. The number of amides is 1. The van der Waals surface area contributed by atoms with Gasteiger partial charge in [0.15, 0.2) is 11.4 Å². The first-order chi connectivity index (χ1) is 14.5. The van der Waals surface area contributed by atoms with E-state index in [1.165, 1.54) is 11.0 Å². The molecule has 1 aliphatic heterocycles. The van der Waals surface area contributed by atoms with E-state index in [1.807, 2.05) is 36.4 Å². The van der Waals surface area contributed by atoms with Gasteiger partial charge in [-0.15, -0.1) is 0 Å². The van der Waals surface area contributed by atoms with E-state index in [9.17, 15) is 19.5 Å². The molecule has 0 unspecified atom stereocenters. The fraction of sp³-hybridized carbons (Fsp3) is 0.208. The number of anilines is 1. The molecule has 0 aromatic heterocycles. The van der Waals surface area contributed by atoms with Gasteiger partial charge in [0.05, 0.1) is 18.7 Å². The van der Waals surface area contributed by atoms with Crippen LogP contribution in [-0.4, -0.2) is 35.9 Å². The number of carbonyl (C=O) groups excluding carboxylic acids is 3. The molecule has 0 saturated carbocycles. The lowest BCUT2D eigenvalue weighted by atomic mass is 9.90. The summed E-state index contributed by atoms with van der Waals surface area (Å²) < 4.78 is 4.92. The quantitative estimate of drug-likeness (QED) is 0.415. The highest BCUT2D eigenvalue weighted by atomic mass is 16.5. The molecular weight excluding hydrogens is 382 g/mol. The third kappa shape index (κ3) is 4.55. The van der Waals surface area contributed by atoms with Crippen LogP contribution in [0.2, 0.25) is 0 Å². The summed E-state index contributed by atoms with van der Waals surface area (Å²) in [4.78, 5) is 38.5. The van der Waals surface area contributed by atoms with Crippen molar-refractivity contribution in [2.45, 2.75) is 18.9 Å². The number of allylic oxidation sites excluding steroid dienone is 3. The van der Waals surface area contributed by atoms with Crippen LogP contribution in [0.4, 0.5) is 5.69 Å². The van der Waals surface area contributed by atoms with Crippen molar-refractivity contribution in [2.75, 3.05) is 18.1 Å². The number of ketones is 1. The van der Waals surface area contributed by atoms with Gasteiger partial charge in [0, 0.05) is 5.56 Å². The van der Waals surface area contributed by atoms with E-state index in [1.54, 1.807) is 43.3 Å². The van der Waals surface area contributed by atoms with E-state index < -0.39 is 29.7 Å². The average molecular weight is 405 g/mol. The summed E-state index contributed by atoms with van der Waals surface area (Å²) in [5, 5.41) is 11.1. The number of ether oxygens (including phenoxy) is 1. The molecule has 0 spiro atoms. The number of fused-ring (bicyclic) bond motifs is 1. The third-order valence-corrected chi connectivity index (χ3v) is 4.74. The van der Waals surface area contributed by atoms with Crippen LogP contribution in [0, 0.1) is 0 Å². The van der Waals surface area contributed by atoms with Crippen LogP contribution in [0.1, 0.15) is 24.5 Å². The lowest BCUT2D eigenvalue weighted by Gasteiger charge is -2.21. The summed E-state index contributed by atoms with van der Waals surface area (Å²) in [5.41, 5.74) is -0.324. The second-order valence-electron chi connectivity index (χ2n) is 6.85. The van der Waals surface area contributed by atoms with Crippen LogP contribution >= 0.6 is 0 Å². The molecule has 6 nitrogen and oxygen atoms in total. The van der Waals surface area contributed by atoms with Crippen molar-refractivity contribution in [1.29, 1.82) is 0 Å². The molecule has 0 bridgehead atoms. The largest absolute Gasteiger partial charge is 0.465 e. The van der Waals surface area contributed by atoms with Crippen LogP contribution in [0.5, 0.6) is 0 Å². The number of carbonyl (C=O) groups is 3. The third-order valence-electron chi connectivity index (χ3n) is 4.74. The van der Waals surface area contributed by atoms with Gasteiger partial charge in [0.25, 0.3) is 5.91 Å². The van der Waals surface area contributed by atoms with Crippen molar-refractivity contribution in [2.24, 2.45) is 0 Å². The van der Waals surface area contributed by atoms with Gasteiger partial charge in [-0.1, -0.05) is 66.8 Å². The first-order valence-electron chi connectivity index (χ1n) is 9.68. The Kier molecular flexibility index (Phi) is 6.59. The van der Waals surface area contributed by atoms with Gasteiger partial charge in [-0.25, -0.2) is 0 Å². The highest BCUT2D eigenvalue weighted by molar-refractivity contribution is 6.11. The Bertz CT molecular complexity index is 996. The van der Waals surface area contributed by atoms with E-state index in [-0.39, 0.29) is 13.2 Å². The number of hydrogen-bond acceptors (Lipinski definition) is 5. The SMILES string of the molecule is CCOC(=O)CN1C(=O)[C@](O)(CC(=O)/C=C/C=C/c2ccccc2)c2ccccc21. The van der Waals surface area contributed by atoms with Crippen molar-refractivity contribution in [3.8, 4) is 0 Å². The fourth-order valence-corrected chi connectivity index (χ4v) is 3.37. The summed E-state index contributed by atoms with van der Waals surface area (Å²) in [6.45, 7) is 1.54. The van der Waals surface area contributed by atoms with Crippen LogP contribution in [0.15, 0.2) is 72.8 Å². The standard InChI is InChI=1S/C24H23NO5/c1-2-30-22(27)17-25-21-15-9-8-14-20(21)24(29,23(25)28)16-19(26)13-7-6-12-18-10-4-3-5-11-18/h3-15,29H,2,16-17H2,1H3/b12-6+,13-7+/t24-/m0/s1. The molecule has 3 rings (SSSR count). The molecule has 1 amide bonds.